The number of piperazine rings is 1. The zero-order chi connectivity index (χ0) is 22.1. The van der Waals surface area contributed by atoms with Crippen molar-refractivity contribution < 1.29 is 4.79 Å². The van der Waals surface area contributed by atoms with Gasteiger partial charge in [0.2, 0.25) is 5.95 Å². The summed E-state index contributed by atoms with van der Waals surface area (Å²) in [7, 11) is 0. The van der Waals surface area contributed by atoms with Crippen molar-refractivity contribution in [2.75, 3.05) is 31.1 Å². The molecule has 3 aromatic heterocycles. The molecule has 4 aromatic rings. The van der Waals surface area contributed by atoms with E-state index in [0.29, 0.717) is 32.1 Å². The zero-order valence-electron chi connectivity index (χ0n) is 18.2. The SMILES string of the molecule is Cc1cc(C(=O)N2CCN(c3nnnn3-c3ccccc3)CC2)c(C)n1Cc1cccs1. The number of carbonyl (C=O) groups excluding carboxylic acids is 1. The van der Waals surface area contributed by atoms with Gasteiger partial charge in [0.15, 0.2) is 0 Å². The van der Waals surface area contributed by atoms with Gasteiger partial charge < -0.3 is 14.4 Å². The van der Waals surface area contributed by atoms with E-state index < -0.39 is 0 Å². The van der Waals surface area contributed by atoms with Crippen LogP contribution in [0.25, 0.3) is 5.69 Å². The first-order valence-corrected chi connectivity index (χ1v) is 11.6. The first-order valence-electron chi connectivity index (χ1n) is 10.7. The van der Waals surface area contributed by atoms with E-state index in [1.54, 1.807) is 16.0 Å². The number of nitrogens with zero attached hydrogens (tertiary/aromatic N) is 7. The summed E-state index contributed by atoms with van der Waals surface area (Å²) < 4.78 is 3.97. The highest BCUT2D eigenvalue weighted by molar-refractivity contribution is 7.09. The Bertz CT molecular complexity index is 1200. The van der Waals surface area contributed by atoms with Gasteiger partial charge in [-0.2, -0.15) is 4.68 Å². The molecule has 1 saturated heterocycles. The molecule has 0 aliphatic carbocycles. The molecule has 0 bridgehead atoms. The summed E-state index contributed by atoms with van der Waals surface area (Å²) in [5, 5.41) is 14.3. The third kappa shape index (κ3) is 3.80. The van der Waals surface area contributed by atoms with Gasteiger partial charge in [-0.05, 0) is 53.9 Å². The summed E-state index contributed by atoms with van der Waals surface area (Å²) in [5.41, 5.74) is 3.85. The van der Waals surface area contributed by atoms with Gasteiger partial charge in [0.25, 0.3) is 5.91 Å². The number of benzene rings is 1. The number of anilines is 1. The average molecular weight is 448 g/mol. The molecule has 0 N–H and O–H groups in total. The van der Waals surface area contributed by atoms with E-state index in [9.17, 15) is 4.79 Å². The highest BCUT2D eigenvalue weighted by atomic mass is 32.1. The fraction of sp³-hybridized carbons (Fsp3) is 0.304. The highest BCUT2D eigenvalue weighted by Gasteiger charge is 2.27. The van der Waals surface area contributed by atoms with Gasteiger partial charge in [-0.3, -0.25) is 4.79 Å². The molecule has 5 rings (SSSR count). The van der Waals surface area contributed by atoms with Crippen LogP contribution in [-0.2, 0) is 6.54 Å². The molecule has 0 radical (unpaired) electrons. The lowest BCUT2D eigenvalue weighted by Crippen LogP contribution is -2.49. The van der Waals surface area contributed by atoms with Gasteiger partial charge in [-0.25, -0.2) is 0 Å². The van der Waals surface area contributed by atoms with Crippen molar-refractivity contribution in [2.24, 2.45) is 0 Å². The maximum absolute atomic E-state index is 13.3. The van der Waals surface area contributed by atoms with E-state index in [1.807, 2.05) is 48.2 Å². The Morgan fingerprint density at radius 1 is 1.03 bits per heavy atom. The van der Waals surface area contributed by atoms with Crippen molar-refractivity contribution >= 4 is 23.2 Å². The normalized spacial score (nSPS) is 14.2. The van der Waals surface area contributed by atoms with Crippen LogP contribution in [0.4, 0.5) is 5.95 Å². The number of para-hydroxylation sites is 1. The van der Waals surface area contributed by atoms with E-state index in [1.165, 1.54) is 4.88 Å². The standard InChI is InChI=1S/C23H25N7OS/c1-17-15-21(18(2)29(17)16-20-9-6-14-32-20)22(31)27-10-12-28(13-11-27)23-24-25-26-30(23)19-7-4-3-5-8-19/h3-9,14-15H,10-13,16H2,1-2H3. The number of rotatable bonds is 5. The van der Waals surface area contributed by atoms with E-state index in [4.69, 9.17) is 0 Å². The predicted octanol–water partition coefficient (Wildman–Crippen LogP) is 3.15. The molecule has 0 spiro atoms. The smallest absolute Gasteiger partial charge is 0.255 e. The number of hydrogen-bond donors (Lipinski definition) is 0. The van der Waals surface area contributed by atoms with Crippen LogP contribution in [0.2, 0.25) is 0 Å². The molecule has 0 atom stereocenters. The molecule has 8 nitrogen and oxygen atoms in total. The number of amides is 1. The molecule has 32 heavy (non-hydrogen) atoms. The minimum Gasteiger partial charge on any atom is -0.343 e. The number of tetrazole rings is 1. The highest BCUT2D eigenvalue weighted by Crippen LogP contribution is 2.22. The number of thiophene rings is 1. The van der Waals surface area contributed by atoms with Crippen molar-refractivity contribution in [1.82, 2.24) is 29.7 Å². The second-order valence-corrected chi connectivity index (χ2v) is 8.99. The summed E-state index contributed by atoms with van der Waals surface area (Å²) in [6, 6.07) is 16.1. The minimum absolute atomic E-state index is 0.0952. The van der Waals surface area contributed by atoms with Gasteiger partial charge >= 0.3 is 0 Å². The summed E-state index contributed by atoms with van der Waals surface area (Å²) in [6.07, 6.45) is 0. The molecule has 1 aliphatic rings. The lowest BCUT2D eigenvalue weighted by atomic mass is 10.2. The molecule has 1 fully saturated rings. The molecule has 0 saturated carbocycles. The Morgan fingerprint density at radius 3 is 2.53 bits per heavy atom. The van der Waals surface area contributed by atoms with Crippen LogP contribution in [0.1, 0.15) is 26.6 Å². The Balaban J connectivity index is 1.29. The number of hydrogen-bond acceptors (Lipinski definition) is 6. The number of aromatic nitrogens is 5. The Kier molecular flexibility index (Phi) is 5.48. The van der Waals surface area contributed by atoms with Crippen molar-refractivity contribution in [1.29, 1.82) is 0 Å². The quantitative estimate of drug-likeness (QED) is 0.470. The van der Waals surface area contributed by atoms with E-state index in [2.05, 4.69) is 49.4 Å². The van der Waals surface area contributed by atoms with Gasteiger partial charge in [0, 0.05) is 42.4 Å². The topological polar surface area (TPSA) is 72.1 Å². The molecule has 4 heterocycles. The van der Waals surface area contributed by atoms with E-state index >= 15 is 0 Å². The molecule has 0 unspecified atom stereocenters. The predicted molar refractivity (Wildman–Crippen MR) is 125 cm³/mol. The lowest BCUT2D eigenvalue weighted by molar-refractivity contribution is 0.0745. The third-order valence-electron chi connectivity index (χ3n) is 6.00. The summed E-state index contributed by atoms with van der Waals surface area (Å²) in [6.45, 7) is 7.55. The second kappa shape index (κ2) is 8.58. The first kappa shape index (κ1) is 20.4. The van der Waals surface area contributed by atoms with Crippen LogP contribution in [-0.4, -0.2) is 61.8 Å². The molecule has 164 valence electrons. The van der Waals surface area contributed by atoms with Gasteiger partial charge in [0.05, 0.1) is 17.8 Å². The van der Waals surface area contributed by atoms with Crippen molar-refractivity contribution in [3.8, 4) is 5.69 Å². The maximum Gasteiger partial charge on any atom is 0.255 e. The molecule has 1 aromatic carbocycles. The summed E-state index contributed by atoms with van der Waals surface area (Å²) in [5.74, 6) is 0.801. The zero-order valence-corrected chi connectivity index (χ0v) is 19.0. The second-order valence-electron chi connectivity index (χ2n) is 7.96. The summed E-state index contributed by atoms with van der Waals surface area (Å²) in [4.78, 5) is 18.7. The lowest BCUT2D eigenvalue weighted by Gasteiger charge is -2.34. The van der Waals surface area contributed by atoms with Gasteiger partial charge in [0.1, 0.15) is 0 Å². The third-order valence-corrected chi connectivity index (χ3v) is 6.86. The van der Waals surface area contributed by atoms with E-state index in [0.717, 1.165) is 29.2 Å². The number of aryl methyl sites for hydroxylation is 1. The van der Waals surface area contributed by atoms with Gasteiger partial charge in [-0.1, -0.05) is 29.4 Å². The molecule has 9 heteroatoms. The van der Waals surface area contributed by atoms with Crippen LogP contribution in [0.3, 0.4) is 0 Å². The van der Waals surface area contributed by atoms with Crippen LogP contribution in [0.5, 0.6) is 0 Å². The summed E-state index contributed by atoms with van der Waals surface area (Å²) >= 11 is 1.74. The Hall–Kier alpha value is -3.46. The van der Waals surface area contributed by atoms with Gasteiger partial charge in [-0.15, -0.1) is 11.3 Å². The first-order chi connectivity index (χ1) is 15.6. The average Bonchev–Trinajstić information content (AvgIpc) is 3.57. The van der Waals surface area contributed by atoms with Crippen LogP contribution in [0.15, 0.2) is 53.9 Å². The fourth-order valence-electron chi connectivity index (χ4n) is 4.22. The van der Waals surface area contributed by atoms with Crippen LogP contribution in [0, 0.1) is 13.8 Å². The fourth-order valence-corrected chi connectivity index (χ4v) is 4.91. The Labute approximate surface area is 190 Å². The molecule has 1 amide bonds. The number of carbonyl (C=O) groups is 1. The largest absolute Gasteiger partial charge is 0.343 e. The van der Waals surface area contributed by atoms with Crippen LogP contribution < -0.4 is 4.90 Å². The minimum atomic E-state index is 0.0952. The van der Waals surface area contributed by atoms with Crippen LogP contribution >= 0.6 is 11.3 Å². The van der Waals surface area contributed by atoms with Crippen molar-refractivity contribution in [2.45, 2.75) is 20.4 Å². The maximum atomic E-state index is 13.3. The Morgan fingerprint density at radius 2 is 1.81 bits per heavy atom. The van der Waals surface area contributed by atoms with Crippen molar-refractivity contribution in [3.05, 3.63) is 75.7 Å². The van der Waals surface area contributed by atoms with E-state index in [-0.39, 0.29) is 5.91 Å². The molecular formula is C23H25N7OS. The van der Waals surface area contributed by atoms with Crippen molar-refractivity contribution in [3.63, 3.8) is 0 Å². The molecule has 1 aliphatic heterocycles. The molecular weight excluding hydrogens is 422 g/mol. The monoisotopic (exact) mass is 447 g/mol.